The van der Waals surface area contributed by atoms with Crippen molar-refractivity contribution in [2.45, 2.75) is 9.65 Å². The molecule has 2 unspecified atom stereocenters. The van der Waals surface area contributed by atoms with Crippen LogP contribution < -0.4 is 0 Å². The van der Waals surface area contributed by atoms with Crippen molar-refractivity contribution in [2.75, 3.05) is 13.2 Å². The summed E-state index contributed by atoms with van der Waals surface area (Å²) >= 11 is 6.19. The van der Waals surface area contributed by atoms with Gasteiger partial charge in [-0.2, -0.15) is 0 Å². The summed E-state index contributed by atoms with van der Waals surface area (Å²) in [5, 5.41) is 8.67. The van der Waals surface area contributed by atoms with Crippen LogP contribution in [0.2, 0.25) is 0 Å². The molecule has 3 nitrogen and oxygen atoms in total. The molecule has 0 aromatic carbocycles. The molecular weight excluding hydrogens is 292 g/mol. The molecule has 70 valence electrons. The third-order valence-electron chi connectivity index (χ3n) is 1.06. The Bertz CT molecular complexity index is 161. The number of esters is 1. The van der Waals surface area contributed by atoms with Crippen molar-refractivity contribution in [1.82, 2.24) is 0 Å². The molecule has 12 heavy (non-hydrogen) atoms. The number of ether oxygens (including phenoxy) is 1. The molecule has 0 aromatic rings. The zero-order chi connectivity index (χ0) is 9.56. The van der Waals surface area contributed by atoms with Gasteiger partial charge in [-0.05, 0) is 0 Å². The van der Waals surface area contributed by atoms with Crippen LogP contribution in [0.25, 0.3) is 0 Å². The summed E-state index contributed by atoms with van der Waals surface area (Å²) in [5.74, 6) is -0.411. The van der Waals surface area contributed by atoms with Crippen LogP contribution in [0.3, 0.4) is 0 Å². The van der Waals surface area contributed by atoms with Gasteiger partial charge in [-0.15, -0.1) is 0 Å². The van der Waals surface area contributed by atoms with Gasteiger partial charge in [-0.3, -0.25) is 4.79 Å². The predicted molar refractivity (Wildman–Crippen MR) is 53.7 cm³/mol. The van der Waals surface area contributed by atoms with Crippen molar-refractivity contribution >= 4 is 37.8 Å². The van der Waals surface area contributed by atoms with E-state index in [1.807, 2.05) is 0 Å². The fourth-order valence-corrected chi connectivity index (χ4v) is 0.976. The number of hydrogen-bond donors (Lipinski definition) is 1. The summed E-state index contributed by atoms with van der Waals surface area (Å²) in [4.78, 5) is 10.2. The molecule has 5 heteroatoms. The van der Waals surface area contributed by atoms with Crippen LogP contribution in [0.4, 0.5) is 0 Å². The van der Waals surface area contributed by atoms with E-state index in [2.05, 4.69) is 38.4 Å². The molecule has 2 atom stereocenters. The topological polar surface area (TPSA) is 46.5 Å². The maximum absolute atomic E-state index is 11.0. The van der Waals surface area contributed by atoms with E-state index in [0.29, 0.717) is 0 Å². The molecule has 0 saturated carbocycles. The first-order valence-electron chi connectivity index (χ1n) is 3.30. The number of alkyl halides is 2. The number of carbonyl (C=O) groups is 1. The molecule has 0 radical (unpaired) electrons. The Hall–Kier alpha value is 0.130. The van der Waals surface area contributed by atoms with Gasteiger partial charge in [0.2, 0.25) is 0 Å². The first kappa shape index (κ1) is 12.1. The Labute approximate surface area is 88.0 Å². The van der Waals surface area contributed by atoms with Crippen LogP contribution in [-0.2, 0) is 9.53 Å². The fourth-order valence-electron chi connectivity index (χ4n) is 0.461. The van der Waals surface area contributed by atoms with E-state index in [4.69, 9.17) is 9.84 Å². The molecule has 0 saturated heterocycles. The van der Waals surface area contributed by atoms with Crippen LogP contribution in [0, 0.1) is 0 Å². The summed E-state index contributed by atoms with van der Waals surface area (Å²) in [7, 11) is 0. The molecule has 1 N–H and O–H groups in total. The van der Waals surface area contributed by atoms with Crippen molar-refractivity contribution in [3.05, 3.63) is 12.7 Å². The van der Waals surface area contributed by atoms with Gasteiger partial charge in [0, 0.05) is 0 Å². The maximum atomic E-state index is 11.0. The zero-order valence-corrected chi connectivity index (χ0v) is 9.55. The smallest absolute Gasteiger partial charge is 0.321 e. The normalized spacial score (nSPS) is 14.9. The molecule has 0 aromatic heterocycles. The van der Waals surface area contributed by atoms with Crippen LogP contribution in [0.15, 0.2) is 12.7 Å². The molecule has 0 spiro atoms. The largest absolute Gasteiger partial charge is 0.461 e. The van der Waals surface area contributed by atoms with Crippen LogP contribution in [0.5, 0.6) is 0 Å². The molecule has 0 aliphatic heterocycles. The first-order valence-corrected chi connectivity index (χ1v) is 5.13. The van der Waals surface area contributed by atoms with Crippen LogP contribution >= 0.6 is 31.9 Å². The molecule has 0 amide bonds. The van der Waals surface area contributed by atoms with Gasteiger partial charge in [0.25, 0.3) is 0 Å². The summed E-state index contributed by atoms with van der Waals surface area (Å²) < 4.78 is 4.73. The first-order chi connectivity index (χ1) is 5.63. The van der Waals surface area contributed by atoms with Gasteiger partial charge in [0.15, 0.2) is 0 Å². The van der Waals surface area contributed by atoms with Gasteiger partial charge in [0.1, 0.15) is 11.4 Å². The summed E-state index contributed by atoms with van der Waals surface area (Å²) in [6, 6.07) is 0. The van der Waals surface area contributed by atoms with E-state index in [9.17, 15) is 4.79 Å². The van der Waals surface area contributed by atoms with E-state index in [1.54, 1.807) is 0 Å². The van der Waals surface area contributed by atoms with E-state index < -0.39 is 10.8 Å². The minimum Gasteiger partial charge on any atom is -0.461 e. The van der Waals surface area contributed by atoms with Gasteiger partial charge < -0.3 is 9.84 Å². The van der Waals surface area contributed by atoms with Crippen molar-refractivity contribution in [2.24, 2.45) is 0 Å². The van der Waals surface area contributed by atoms with Gasteiger partial charge >= 0.3 is 5.97 Å². The minimum atomic E-state index is -0.526. The zero-order valence-electron chi connectivity index (χ0n) is 6.37. The van der Waals surface area contributed by atoms with Crippen LogP contribution in [0.1, 0.15) is 0 Å². The Morgan fingerprint density at radius 1 is 1.67 bits per heavy atom. The lowest BCUT2D eigenvalue weighted by molar-refractivity contribution is -0.141. The van der Waals surface area contributed by atoms with Gasteiger partial charge in [0.05, 0.1) is 11.4 Å². The molecule has 0 rings (SSSR count). The number of halogens is 2. The SMILES string of the molecule is C=CCOC(=O)C(Br)C(Br)CO. The standard InChI is InChI=1S/C7H10Br2O3/c1-2-3-12-7(11)6(9)5(8)4-10/h2,5-6,10H,1,3-4H2. The lowest BCUT2D eigenvalue weighted by Crippen LogP contribution is -2.28. The van der Waals surface area contributed by atoms with E-state index in [-0.39, 0.29) is 18.0 Å². The van der Waals surface area contributed by atoms with E-state index in [0.717, 1.165) is 0 Å². The summed E-state index contributed by atoms with van der Waals surface area (Å²) in [6.45, 7) is 3.46. The second kappa shape index (κ2) is 6.62. The molecule has 0 heterocycles. The maximum Gasteiger partial charge on any atom is 0.321 e. The van der Waals surface area contributed by atoms with E-state index >= 15 is 0 Å². The highest BCUT2D eigenvalue weighted by molar-refractivity contribution is 9.12. The lowest BCUT2D eigenvalue weighted by Gasteiger charge is -2.12. The second-order valence-electron chi connectivity index (χ2n) is 2.02. The quantitative estimate of drug-likeness (QED) is 0.472. The second-order valence-corrected chi connectivity index (χ2v) is 4.18. The highest BCUT2D eigenvalue weighted by atomic mass is 79.9. The average Bonchev–Trinajstić information content (AvgIpc) is 2.11. The van der Waals surface area contributed by atoms with E-state index in [1.165, 1.54) is 6.08 Å². The van der Waals surface area contributed by atoms with Crippen LogP contribution in [-0.4, -0.2) is 33.9 Å². The minimum absolute atomic E-state index is 0.126. The predicted octanol–water partition coefficient (Wildman–Crippen LogP) is 1.23. The molecule has 0 aliphatic rings. The molecule has 0 fully saturated rings. The van der Waals surface area contributed by atoms with Crippen molar-refractivity contribution in [3.63, 3.8) is 0 Å². The number of aliphatic hydroxyl groups is 1. The molecule has 0 aliphatic carbocycles. The number of hydrogen-bond acceptors (Lipinski definition) is 3. The molecular formula is C7H10Br2O3. The van der Waals surface area contributed by atoms with Crippen molar-refractivity contribution < 1.29 is 14.6 Å². The number of carbonyl (C=O) groups excluding carboxylic acids is 1. The third-order valence-corrected chi connectivity index (χ3v) is 3.60. The highest BCUT2D eigenvalue weighted by Crippen LogP contribution is 2.15. The van der Waals surface area contributed by atoms with Crippen molar-refractivity contribution in [3.8, 4) is 0 Å². The lowest BCUT2D eigenvalue weighted by atomic mass is 10.3. The van der Waals surface area contributed by atoms with Gasteiger partial charge in [-0.25, -0.2) is 0 Å². The Morgan fingerprint density at radius 2 is 2.25 bits per heavy atom. The Kier molecular flexibility index (Phi) is 6.70. The third kappa shape index (κ3) is 4.23. The van der Waals surface area contributed by atoms with Gasteiger partial charge in [-0.1, -0.05) is 44.5 Å². The number of rotatable bonds is 5. The number of aliphatic hydroxyl groups excluding tert-OH is 1. The monoisotopic (exact) mass is 300 g/mol. The fraction of sp³-hybridized carbons (Fsp3) is 0.571. The summed E-state index contributed by atoms with van der Waals surface area (Å²) in [6.07, 6.45) is 1.49. The molecule has 0 bridgehead atoms. The Morgan fingerprint density at radius 3 is 2.67 bits per heavy atom. The summed E-state index contributed by atoms with van der Waals surface area (Å²) in [5.41, 5.74) is 0. The Balaban J connectivity index is 3.83. The average molecular weight is 302 g/mol. The highest BCUT2D eigenvalue weighted by Gasteiger charge is 2.23. The van der Waals surface area contributed by atoms with Crippen molar-refractivity contribution in [1.29, 1.82) is 0 Å².